The van der Waals surface area contributed by atoms with E-state index in [9.17, 15) is 14.0 Å². The van der Waals surface area contributed by atoms with E-state index in [1.165, 1.54) is 13.2 Å². The van der Waals surface area contributed by atoms with Crippen molar-refractivity contribution in [2.24, 2.45) is 0 Å². The summed E-state index contributed by atoms with van der Waals surface area (Å²) < 4.78 is 18.4. The molecule has 0 aliphatic rings. The third-order valence-electron chi connectivity index (χ3n) is 3.07. The number of esters is 1. The van der Waals surface area contributed by atoms with Gasteiger partial charge in [-0.05, 0) is 25.0 Å². The number of ether oxygens (including phenoxy) is 1. The smallest absolute Gasteiger partial charge is 0.338 e. The fraction of sp³-hybridized carbons (Fsp3) is 0.467. The van der Waals surface area contributed by atoms with Crippen molar-refractivity contribution in [1.29, 1.82) is 0 Å². The first kappa shape index (κ1) is 17.1. The molecule has 0 spiro atoms. The summed E-state index contributed by atoms with van der Waals surface area (Å²) in [5, 5.41) is 11.6. The van der Waals surface area contributed by atoms with Crippen LogP contribution in [0.5, 0.6) is 0 Å². The Morgan fingerprint density at radius 2 is 2.05 bits per heavy atom. The average Bonchev–Trinajstić information content (AvgIpc) is 2.50. The second-order valence-electron chi connectivity index (χ2n) is 4.59. The number of benzene rings is 1. The number of unbranched alkanes of at least 4 members (excludes halogenated alkanes) is 3. The molecule has 21 heavy (non-hydrogen) atoms. The lowest BCUT2D eigenvalue weighted by Gasteiger charge is -2.10. The van der Waals surface area contributed by atoms with Gasteiger partial charge >= 0.3 is 5.97 Å². The molecular weight excluding hydrogens is 277 g/mol. The van der Waals surface area contributed by atoms with Gasteiger partial charge in [0, 0.05) is 18.7 Å². The average molecular weight is 297 g/mol. The summed E-state index contributed by atoms with van der Waals surface area (Å²) >= 11 is 0. The highest BCUT2D eigenvalue weighted by molar-refractivity contribution is 5.99. The van der Waals surface area contributed by atoms with Crippen molar-refractivity contribution in [1.82, 2.24) is 0 Å². The van der Waals surface area contributed by atoms with Crippen molar-refractivity contribution in [3.8, 4) is 0 Å². The first-order chi connectivity index (χ1) is 10.1. The molecule has 1 aromatic rings. The Morgan fingerprint density at radius 1 is 1.33 bits per heavy atom. The predicted molar refractivity (Wildman–Crippen MR) is 77.2 cm³/mol. The van der Waals surface area contributed by atoms with Gasteiger partial charge in [0.05, 0.1) is 18.4 Å². The Hall–Kier alpha value is -1.95. The van der Waals surface area contributed by atoms with Crippen molar-refractivity contribution < 1.29 is 23.8 Å². The van der Waals surface area contributed by atoms with E-state index in [1.54, 1.807) is 0 Å². The number of aliphatic hydroxyl groups excluding tert-OH is 1. The number of nitrogens with one attached hydrogen (secondary N) is 1. The number of aldehydes is 1. The molecule has 0 amide bonds. The third kappa shape index (κ3) is 5.15. The fourth-order valence-electron chi connectivity index (χ4n) is 1.92. The van der Waals surface area contributed by atoms with E-state index in [0.29, 0.717) is 12.8 Å². The molecule has 0 bridgehead atoms. The van der Waals surface area contributed by atoms with Crippen LogP contribution in [-0.4, -0.2) is 37.6 Å². The maximum Gasteiger partial charge on any atom is 0.338 e. The van der Waals surface area contributed by atoms with Crippen molar-refractivity contribution in [2.45, 2.75) is 25.7 Å². The molecule has 0 unspecified atom stereocenters. The second-order valence-corrected chi connectivity index (χ2v) is 4.59. The van der Waals surface area contributed by atoms with E-state index in [1.807, 2.05) is 0 Å². The van der Waals surface area contributed by atoms with Crippen molar-refractivity contribution in [2.75, 3.05) is 25.6 Å². The van der Waals surface area contributed by atoms with Gasteiger partial charge in [-0.25, -0.2) is 9.18 Å². The van der Waals surface area contributed by atoms with Crippen LogP contribution in [0.25, 0.3) is 0 Å². The van der Waals surface area contributed by atoms with Gasteiger partial charge in [-0.15, -0.1) is 0 Å². The highest BCUT2D eigenvalue weighted by atomic mass is 19.1. The Labute approximate surface area is 123 Å². The lowest BCUT2D eigenvalue weighted by atomic mass is 10.1. The monoisotopic (exact) mass is 297 g/mol. The van der Waals surface area contributed by atoms with Crippen molar-refractivity contribution in [3.63, 3.8) is 0 Å². The van der Waals surface area contributed by atoms with Gasteiger partial charge in [0.1, 0.15) is 5.82 Å². The Kier molecular flexibility index (Phi) is 7.39. The molecule has 0 aliphatic carbocycles. The standard InChI is InChI=1S/C15H20FNO4/c1-21-15(20)12-9-13(16)14(8-11(12)10-19)17-6-4-2-3-5-7-18/h8-10,17-18H,2-7H2,1H3. The van der Waals surface area contributed by atoms with Crippen LogP contribution in [0.15, 0.2) is 12.1 Å². The number of hydrogen-bond acceptors (Lipinski definition) is 5. The summed E-state index contributed by atoms with van der Waals surface area (Å²) in [4.78, 5) is 22.4. The molecule has 0 radical (unpaired) electrons. The van der Waals surface area contributed by atoms with E-state index in [4.69, 9.17) is 5.11 Å². The summed E-state index contributed by atoms with van der Waals surface area (Å²) in [6.07, 6.45) is 3.93. The normalized spacial score (nSPS) is 10.2. The minimum absolute atomic E-state index is 0.0847. The second kappa shape index (κ2) is 9.07. The Bertz CT molecular complexity index is 491. The molecule has 116 valence electrons. The number of anilines is 1. The van der Waals surface area contributed by atoms with E-state index in [2.05, 4.69) is 10.1 Å². The van der Waals surface area contributed by atoms with Gasteiger partial charge < -0.3 is 15.2 Å². The van der Waals surface area contributed by atoms with Gasteiger partial charge in [0.2, 0.25) is 0 Å². The molecule has 5 nitrogen and oxygen atoms in total. The lowest BCUT2D eigenvalue weighted by molar-refractivity contribution is 0.0598. The molecular formula is C15H20FNO4. The number of carbonyl (C=O) groups is 2. The molecule has 2 N–H and O–H groups in total. The summed E-state index contributed by atoms with van der Waals surface area (Å²) in [6, 6.07) is 2.31. The number of rotatable bonds is 9. The van der Waals surface area contributed by atoms with Crippen LogP contribution in [0.4, 0.5) is 10.1 Å². The van der Waals surface area contributed by atoms with E-state index in [-0.39, 0.29) is 23.4 Å². The summed E-state index contributed by atoms with van der Waals surface area (Å²) in [5.41, 5.74) is 0.191. The Balaban J connectivity index is 2.67. The first-order valence-corrected chi connectivity index (χ1v) is 6.85. The van der Waals surface area contributed by atoms with Crippen molar-refractivity contribution in [3.05, 3.63) is 29.1 Å². The van der Waals surface area contributed by atoms with Crippen LogP contribution >= 0.6 is 0 Å². The van der Waals surface area contributed by atoms with Gasteiger partial charge in [-0.1, -0.05) is 12.8 Å². The highest BCUT2D eigenvalue weighted by Crippen LogP contribution is 2.20. The van der Waals surface area contributed by atoms with Gasteiger partial charge in [0.25, 0.3) is 0 Å². The lowest BCUT2D eigenvalue weighted by Crippen LogP contribution is -2.09. The topological polar surface area (TPSA) is 75.6 Å². The van der Waals surface area contributed by atoms with E-state index >= 15 is 0 Å². The van der Waals surface area contributed by atoms with E-state index in [0.717, 1.165) is 31.7 Å². The van der Waals surface area contributed by atoms with Crippen LogP contribution in [-0.2, 0) is 4.74 Å². The zero-order valence-corrected chi connectivity index (χ0v) is 12.0. The molecule has 6 heteroatoms. The molecule has 0 heterocycles. The maximum atomic E-state index is 13.9. The molecule has 0 aliphatic heterocycles. The maximum absolute atomic E-state index is 13.9. The largest absolute Gasteiger partial charge is 0.465 e. The molecule has 0 fully saturated rings. The number of hydrogen-bond donors (Lipinski definition) is 2. The number of aliphatic hydroxyl groups is 1. The number of carbonyl (C=O) groups excluding carboxylic acids is 2. The molecule has 1 rings (SSSR count). The zero-order chi connectivity index (χ0) is 15.7. The van der Waals surface area contributed by atoms with Gasteiger partial charge in [0.15, 0.2) is 6.29 Å². The predicted octanol–water partition coefficient (Wildman–Crippen LogP) is 2.39. The minimum Gasteiger partial charge on any atom is -0.465 e. The molecule has 0 aromatic heterocycles. The number of methoxy groups -OCH3 is 1. The Morgan fingerprint density at radius 3 is 2.67 bits per heavy atom. The van der Waals surface area contributed by atoms with Crippen molar-refractivity contribution >= 4 is 17.9 Å². The van der Waals surface area contributed by atoms with Crippen LogP contribution in [0.1, 0.15) is 46.4 Å². The summed E-state index contributed by atoms with van der Waals surface area (Å²) in [5.74, 6) is -1.34. The quantitative estimate of drug-likeness (QED) is 0.416. The minimum atomic E-state index is -0.744. The SMILES string of the molecule is COC(=O)c1cc(F)c(NCCCCCCO)cc1C=O. The molecule has 0 atom stereocenters. The van der Waals surface area contributed by atoms with Crippen LogP contribution < -0.4 is 5.32 Å². The van der Waals surface area contributed by atoms with Crippen LogP contribution in [0.2, 0.25) is 0 Å². The fourth-order valence-corrected chi connectivity index (χ4v) is 1.92. The molecule has 0 saturated carbocycles. The van der Waals surface area contributed by atoms with Crippen LogP contribution in [0.3, 0.4) is 0 Å². The van der Waals surface area contributed by atoms with Gasteiger partial charge in [-0.2, -0.15) is 0 Å². The third-order valence-corrected chi connectivity index (χ3v) is 3.07. The highest BCUT2D eigenvalue weighted by Gasteiger charge is 2.15. The van der Waals surface area contributed by atoms with Crippen LogP contribution in [0, 0.1) is 5.82 Å². The summed E-state index contributed by atoms with van der Waals surface area (Å²) in [6.45, 7) is 0.734. The first-order valence-electron chi connectivity index (χ1n) is 6.85. The molecule has 1 aromatic carbocycles. The van der Waals surface area contributed by atoms with E-state index < -0.39 is 11.8 Å². The number of halogens is 1. The zero-order valence-electron chi connectivity index (χ0n) is 12.0. The molecule has 0 saturated heterocycles. The van der Waals surface area contributed by atoms with Gasteiger partial charge in [-0.3, -0.25) is 4.79 Å². The summed E-state index contributed by atoms with van der Waals surface area (Å²) in [7, 11) is 1.17.